The maximum atomic E-state index is 5.19. The summed E-state index contributed by atoms with van der Waals surface area (Å²) in [5.41, 5.74) is 1.39. The zero-order valence-electron chi connectivity index (χ0n) is 10.7. The van der Waals surface area contributed by atoms with Gasteiger partial charge in [0.15, 0.2) is 0 Å². The van der Waals surface area contributed by atoms with E-state index in [1.165, 1.54) is 18.4 Å². The van der Waals surface area contributed by atoms with Crippen molar-refractivity contribution in [1.29, 1.82) is 0 Å². The first-order valence-corrected chi connectivity index (χ1v) is 5.95. The summed E-state index contributed by atoms with van der Waals surface area (Å²) in [5, 5.41) is 0. The van der Waals surface area contributed by atoms with Crippen molar-refractivity contribution in [3.63, 3.8) is 0 Å². The third-order valence-corrected chi connectivity index (χ3v) is 2.55. The Bertz CT molecular complexity index is 251. The number of hydrogen-bond acceptors (Lipinski definition) is 1. The summed E-state index contributed by atoms with van der Waals surface area (Å²) >= 11 is 0. The zero-order valence-corrected chi connectivity index (χ0v) is 10.7. The highest BCUT2D eigenvalue weighted by Crippen LogP contribution is 2.25. The lowest BCUT2D eigenvalue weighted by Crippen LogP contribution is -1.95. The van der Waals surface area contributed by atoms with Crippen molar-refractivity contribution < 1.29 is 4.74 Å². The molecule has 0 aliphatic rings. The van der Waals surface area contributed by atoms with E-state index in [0.29, 0.717) is 5.92 Å². The summed E-state index contributed by atoms with van der Waals surface area (Å²) in [4.78, 5) is 0. The van der Waals surface area contributed by atoms with Crippen LogP contribution >= 0.6 is 0 Å². The van der Waals surface area contributed by atoms with Gasteiger partial charge in [-0.3, -0.25) is 0 Å². The highest BCUT2D eigenvalue weighted by Gasteiger charge is 2.06. The fourth-order valence-electron chi connectivity index (χ4n) is 1.66. The first-order valence-electron chi connectivity index (χ1n) is 5.95. The van der Waals surface area contributed by atoms with Crippen LogP contribution in [0.25, 0.3) is 0 Å². The van der Waals surface area contributed by atoms with Crippen molar-refractivity contribution in [1.82, 2.24) is 0 Å². The normalized spacial score (nSPS) is 9.47. The molecule has 0 bridgehead atoms. The fourth-order valence-corrected chi connectivity index (χ4v) is 1.66. The second kappa shape index (κ2) is 8.34. The molecule has 0 heterocycles. The van der Waals surface area contributed by atoms with E-state index >= 15 is 0 Å². The summed E-state index contributed by atoms with van der Waals surface area (Å²) in [6, 6.07) is 8.37. The molecule has 0 saturated heterocycles. The van der Waals surface area contributed by atoms with Crippen LogP contribution in [0.15, 0.2) is 24.3 Å². The lowest BCUT2D eigenvalue weighted by atomic mass is 9.94. The Labute approximate surface area is 94.5 Å². The first kappa shape index (κ1) is 14.0. The summed E-state index contributed by atoms with van der Waals surface area (Å²) < 4.78 is 5.19. The van der Waals surface area contributed by atoms with Crippen LogP contribution in [0.4, 0.5) is 0 Å². The smallest absolute Gasteiger partial charge is 0.119 e. The standard InChI is InChI=1S/C12H18O.C2H6/c1-4-10(5-2)11-7-6-8-12(9-11)13-3;1-2/h6-10H,4-5H2,1-3H3;1-2H3. The minimum atomic E-state index is 0.676. The van der Waals surface area contributed by atoms with Gasteiger partial charge in [0.2, 0.25) is 0 Å². The van der Waals surface area contributed by atoms with Gasteiger partial charge in [0.05, 0.1) is 7.11 Å². The number of benzene rings is 1. The molecule has 0 spiro atoms. The zero-order chi connectivity index (χ0) is 11.7. The van der Waals surface area contributed by atoms with Crippen molar-refractivity contribution in [3.8, 4) is 5.75 Å². The molecule has 0 saturated carbocycles. The average Bonchev–Trinajstić information content (AvgIpc) is 2.33. The molecule has 0 aromatic heterocycles. The Kier molecular flexibility index (Phi) is 7.79. The molecule has 0 unspecified atom stereocenters. The fraction of sp³-hybridized carbons (Fsp3) is 0.571. The highest BCUT2D eigenvalue weighted by atomic mass is 16.5. The molecule has 0 radical (unpaired) electrons. The van der Waals surface area contributed by atoms with E-state index in [-0.39, 0.29) is 0 Å². The number of ether oxygens (including phenoxy) is 1. The molecule has 0 aliphatic carbocycles. The van der Waals surface area contributed by atoms with Gasteiger partial charge in [0, 0.05) is 0 Å². The van der Waals surface area contributed by atoms with E-state index in [0.717, 1.165) is 5.75 Å². The van der Waals surface area contributed by atoms with Gasteiger partial charge in [-0.1, -0.05) is 39.8 Å². The topological polar surface area (TPSA) is 9.23 Å². The monoisotopic (exact) mass is 208 g/mol. The SMILES string of the molecule is CC.CCC(CC)c1cccc(OC)c1. The van der Waals surface area contributed by atoms with Gasteiger partial charge in [-0.2, -0.15) is 0 Å². The molecule has 1 aromatic carbocycles. The Hall–Kier alpha value is -0.980. The van der Waals surface area contributed by atoms with E-state index in [9.17, 15) is 0 Å². The van der Waals surface area contributed by atoms with Crippen LogP contribution < -0.4 is 4.74 Å². The van der Waals surface area contributed by atoms with E-state index in [1.807, 2.05) is 19.9 Å². The van der Waals surface area contributed by atoms with Crippen LogP contribution in [0.5, 0.6) is 5.75 Å². The third-order valence-electron chi connectivity index (χ3n) is 2.55. The molecule has 0 aliphatic heterocycles. The quantitative estimate of drug-likeness (QED) is 0.701. The number of methoxy groups -OCH3 is 1. The molecule has 0 atom stereocenters. The van der Waals surface area contributed by atoms with Gasteiger partial charge < -0.3 is 4.74 Å². The van der Waals surface area contributed by atoms with Crippen molar-refractivity contribution in [3.05, 3.63) is 29.8 Å². The minimum Gasteiger partial charge on any atom is -0.497 e. The Morgan fingerprint density at radius 1 is 1.13 bits per heavy atom. The molecule has 1 rings (SSSR count). The Morgan fingerprint density at radius 3 is 2.20 bits per heavy atom. The Balaban J connectivity index is 0.000000921. The van der Waals surface area contributed by atoms with Gasteiger partial charge in [0.1, 0.15) is 5.75 Å². The maximum Gasteiger partial charge on any atom is 0.119 e. The Morgan fingerprint density at radius 2 is 1.73 bits per heavy atom. The third kappa shape index (κ3) is 4.37. The molecule has 1 nitrogen and oxygen atoms in total. The van der Waals surface area contributed by atoms with E-state index in [1.54, 1.807) is 7.11 Å². The van der Waals surface area contributed by atoms with Crippen molar-refractivity contribution in [2.24, 2.45) is 0 Å². The summed E-state index contributed by atoms with van der Waals surface area (Å²) in [5.74, 6) is 1.64. The van der Waals surface area contributed by atoms with Gasteiger partial charge >= 0.3 is 0 Å². The number of hydrogen-bond donors (Lipinski definition) is 0. The second-order valence-electron chi connectivity index (χ2n) is 3.29. The minimum absolute atomic E-state index is 0.676. The van der Waals surface area contributed by atoms with Gasteiger partial charge in [-0.25, -0.2) is 0 Å². The molecule has 1 heteroatoms. The number of rotatable bonds is 4. The molecule has 86 valence electrons. The van der Waals surface area contributed by atoms with Crippen LogP contribution in [-0.4, -0.2) is 7.11 Å². The van der Waals surface area contributed by atoms with Crippen LogP contribution in [0, 0.1) is 0 Å². The molecule has 15 heavy (non-hydrogen) atoms. The lowest BCUT2D eigenvalue weighted by Gasteiger charge is -2.13. The lowest BCUT2D eigenvalue weighted by molar-refractivity contribution is 0.413. The predicted molar refractivity (Wildman–Crippen MR) is 67.7 cm³/mol. The van der Waals surface area contributed by atoms with Gasteiger partial charge in [-0.05, 0) is 36.5 Å². The molecule has 0 N–H and O–H groups in total. The van der Waals surface area contributed by atoms with Crippen LogP contribution in [0.1, 0.15) is 52.0 Å². The van der Waals surface area contributed by atoms with Crippen molar-refractivity contribution in [2.75, 3.05) is 7.11 Å². The molecule has 0 fully saturated rings. The second-order valence-corrected chi connectivity index (χ2v) is 3.29. The van der Waals surface area contributed by atoms with Crippen LogP contribution in [0.2, 0.25) is 0 Å². The maximum absolute atomic E-state index is 5.19. The van der Waals surface area contributed by atoms with Gasteiger partial charge in [0.25, 0.3) is 0 Å². The first-order chi connectivity index (χ1) is 7.31. The summed E-state index contributed by atoms with van der Waals surface area (Å²) in [7, 11) is 1.71. The molecule has 0 amide bonds. The van der Waals surface area contributed by atoms with E-state index in [4.69, 9.17) is 4.74 Å². The van der Waals surface area contributed by atoms with Crippen molar-refractivity contribution >= 4 is 0 Å². The largest absolute Gasteiger partial charge is 0.497 e. The summed E-state index contributed by atoms with van der Waals surface area (Å²) in [6.07, 6.45) is 2.40. The van der Waals surface area contributed by atoms with Crippen LogP contribution in [-0.2, 0) is 0 Å². The molecular formula is C14H24O. The average molecular weight is 208 g/mol. The van der Waals surface area contributed by atoms with Crippen LogP contribution in [0.3, 0.4) is 0 Å². The van der Waals surface area contributed by atoms with E-state index in [2.05, 4.69) is 32.0 Å². The predicted octanol–water partition coefficient (Wildman–Crippen LogP) is 4.63. The summed E-state index contributed by atoms with van der Waals surface area (Å²) in [6.45, 7) is 8.46. The molecular weight excluding hydrogens is 184 g/mol. The molecule has 1 aromatic rings. The van der Waals surface area contributed by atoms with Crippen molar-refractivity contribution in [2.45, 2.75) is 46.5 Å². The highest BCUT2D eigenvalue weighted by molar-refractivity contribution is 5.30. The van der Waals surface area contributed by atoms with Gasteiger partial charge in [-0.15, -0.1) is 0 Å². The van der Waals surface area contributed by atoms with E-state index < -0.39 is 0 Å².